The Morgan fingerprint density at radius 1 is 1.42 bits per heavy atom. The van der Waals surface area contributed by atoms with Gasteiger partial charge < -0.3 is 15.7 Å². The van der Waals surface area contributed by atoms with Gasteiger partial charge in [-0.15, -0.1) is 0 Å². The second kappa shape index (κ2) is 3.45. The molecule has 0 aliphatic heterocycles. The molecular weight excluding hydrogens is 152 g/mol. The molecule has 0 spiro atoms. The molecule has 1 rings (SSSR count). The maximum absolute atomic E-state index is 8.93. The van der Waals surface area contributed by atoms with Crippen LogP contribution >= 0.6 is 0 Å². The molecule has 0 unspecified atom stereocenters. The van der Waals surface area contributed by atoms with Gasteiger partial charge in [0.2, 0.25) is 0 Å². The molecule has 1 aromatic carbocycles. The number of rotatable bonds is 2. The van der Waals surface area contributed by atoms with E-state index in [4.69, 9.17) is 10.8 Å². The average molecular weight is 166 g/mol. The SMILES string of the molecule is CN(C)c1ccc(N)c(CO)c1. The third kappa shape index (κ3) is 1.68. The number of nitrogens with two attached hydrogens (primary N) is 1. The Bertz CT molecular complexity index is 271. The Morgan fingerprint density at radius 3 is 2.58 bits per heavy atom. The van der Waals surface area contributed by atoms with E-state index in [-0.39, 0.29) is 6.61 Å². The third-order valence-electron chi connectivity index (χ3n) is 1.81. The van der Waals surface area contributed by atoms with Crippen molar-refractivity contribution in [3.63, 3.8) is 0 Å². The van der Waals surface area contributed by atoms with Crippen molar-refractivity contribution in [1.82, 2.24) is 0 Å². The molecule has 0 saturated carbocycles. The second-order valence-electron chi connectivity index (χ2n) is 2.94. The Hall–Kier alpha value is -1.22. The van der Waals surface area contributed by atoms with Crippen molar-refractivity contribution in [2.45, 2.75) is 6.61 Å². The number of hydrogen-bond acceptors (Lipinski definition) is 3. The number of benzene rings is 1. The fourth-order valence-corrected chi connectivity index (χ4v) is 1.01. The molecule has 0 aliphatic rings. The number of hydrogen-bond donors (Lipinski definition) is 2. The highest BCUT2D eigenvalue weighted by atomic mass is 16.3. The van der Waals surface area contributed by atoms with Crippen LogP contribution in [0.1, 0.15) is 5.56 Å². The normalized spacial score (nSPS) is 9.92. The minimum Gasteiger partial charge on any atom is -0.398 e. The summed E-state index contributed by atoms with van der Waals surface area (Å²) in [5.74, 6) is 0. The van der Waals surface area contributed by atoms with Gasteiger partial charge in [0.25, 0.3) is 0 Å². The Labute approximate surface area is 72.4 Å². The van der Waals surface area contributed by atoms with Crippen LogP contribution in [0.15, 0.2) is 18.2 Å². The van der Waals surface area contributed by atoms with Crippen LogP contribution in [0.2, 0.25) is 0 Å². The third-order valence-corrected chi connectivity index (χ3v) is 1.81. The molecule has 0 amide bonds. The number of nitrogen functional groups attached to an aromatic ring is 1. The fraction of sp³-hybridized carbons (Fsp3) is 0.333. The highest BCUT2D eigenvalue weighted by molar-refractivity contribution is 5.57. The van der Waals surface area contributed by atoms with Gasteiger partial charge in [-0.2, -0.15) is 0 Å². The molecule has 0 fully saturated rings. The first kappa shape index (κ1) is 8.87. The number of aliphatic hydroxyl groups is 1. The summed E-state index contributed by atoms with van der Waals surface area (Å²) in [6.45, 7) is -0.00644. The molecule has 0 aromatic heterocycles. The van der Waals surface area contributed by atoms with E-state index in [0.717, 1.165) is 11.3 Å². The minimum absolute atomic E-state index is 0.00644. The van der Waals surface area contributed by atoms with Crippen LogP contribution in [0, 0.1) is 0 Å². The topological polar surface area (TPSA) is 49.5 Å². The largest absolute Gasteiger partial charge is 0.398 e. The van der Waals surface area contributed by atoms with Crippen molar-refractivity contribution in [2.75, 3.05) is 24.7 Å². The second-order valence-corrected chi connectivity index (χ2v) is 2.94. The lowest BCUT2D eigenvalue weighted by atomic mass is 10.1. The smallest absolute Gasteiger partial charge is 0.0702 e. The Balaban J connectivity index is 3.05. The average Bonchev–Trinajstić information content (AvgIpc) is 2.05. The summed E-state index contributed by atoms with van der Waals surface area (Å²) in [7, 11) is 3.90. The summed E-state index contributed by atoms with van der Waals surface area (Å²) in [6.07, 6.45) is 0. The van der Waals surface area contributed by atoms with Gasteiger partial charge in [-0.3, -0.25) is 0 Å². The highest BCUT2D eigenvalue weighted by Gasteiger charge is 2.00. The first-order chi connectivity index (χ1) is 5.65. The molecule has 0 bridgehead atoms. The summed E-state index contributed by atoms with van der Waals surface area (Å²) < 4.78 is 0. The van der Waals surface area contributed by atoms with Crippen LogP contribution in [0.4, 0.5) is 11.4 Å². The van der Waals surface area contributed by atoms with Gasteiger partial charge in [-0.25, -0.2) is 0 Å². The zero-order chi connectivity index (χ0) is 9.14. The molecule has 3 heteroatoms. The van der Waals surface area contributed by atoms with E-state index in [1.165, 1.54) is 0 Å². The molecular formula is C9H14N2O. The van der Waals surface area contributed by atoms with E-state index in [1.54, 1.807) is 6.07 Å². The fourth-order valence-electron chi connectivity index (χ4n) is 1.01. The highest BCUT2D eigenvalue weighted by Crippen LogP contribution is 2.19. The lowest BCUT2D eigenvalue weighted by molar-refractivity contribution is 0.282. The lowest BCUT2D eigenvalue weighted by Crippen LogP contribution is -2.09. The summed E-state index contributed by atoms with van der Waals surface area (Å²) in [5.41, 5.74) is 8.09. The van der Waals surface area contributed by atoms with Crippen LogP contribution < -0.4 is 10.6 Å². The molecule has 3 nitrogen and oxygen atoms in total. The minimum atomic E-state index is -0.00644. The van der Waals surface area contributed by atoms with Crippen molar-refractivity contribution in [3.05, 3.63) is 23.8 Å². The Kier molecular flexibility index (Phi) is 2.55. The maximum Gasteiger partial charge on any atom is 0.0702 e. The maximum atomic E-state index is 8.93. The molecule has 12 heavy (non-hydrogen) atoms. The monoisotopic (exact) mass is 166 g/mol. The molecule has 0 radical (unpaired) electrons. The van der Waals surface area contributed by atoms with Crippen LogP contribution in [0.5, 0.6) is 0 Å². The first-order valence-electron chi connectivity index (χ1n) is 3.81. The van der Waals surface area contributed by atoms with Gasteiger partial charge in [0, 0.05) is 31.0 Å². The molecule has 0 saturated heterocycles. The van der Waals surface area contributed by atoms with Crippen molar-refractivity contribution in [3.8, 4) is 0 Å². The summed E-state index contributed by atoms with van der Waals surface area (Å²) >= 11 is 0. The van der Waals surface area contributed by atoms with E-state index in [9.17, 15) is 0 Å². The van der Waals surface area contributed by atoms with Crippen molar-refractivity contribution in [1.29, 1.82) is 0 Å². The van der Waals surface area contributed by atoms with E-state index in [2.05, 4.69) is 0 Å². The van der Waals surface area contributed by atoms with Crippen molar-refractivity contribution in [2.24, 2.45) is 0 Å². The predicted octanol–water partition coefficient (Wildman–Crippen LogP) is 0.827. The summed E-state index contributed by atoms with van der Waals surface area (Å²) in [5, 5.41) is 8.93. The van der Waals surface area contributed by atoms with Gasteiger partial charge in [0.05, 0.1) is 6.61 Å². The van der Waals surface area contributed by atoms with E-state index >= 15 is 0 Å². The van der Waals surface area contributed by atoms with Crippen molar-refractivity contribution >= 4 is 11.4 Å². The Morgan fingerprint density at radius 2 is 2.08 bits per heavy atom. The number of aliphatic hydroxyl groups excluding tert-OH is 1. The molecule has 0 aliphatic carbocycles. The van der Waals surface area contributed by atoms with Gasteiger partial charge in [0.1, 0.15) is 0 Å². The van der Waals surface area contributed by atoms with Gasteiger partial charge in [-0.1, -0.05) is 0 Å². The van der Waals surface area contributed by atoms with Crippen LogP contribution in [-0.2, 0) is 6.61 Å². The quantitative estimate of drug-likeness (QED) is 0.640. The summed E-state index contributed by atoms with van der Waals surface area (Å²) in [6, 6.07) is 5.62. The molecule has 0 atom stereocenters. The van der Waals surface area contributed by atoms with E-state index in [1.807, 2.05) is 31.1 Å². The van der Waals surface area contributed by atoms with Gasteiger partial charge >= 0.3 is 0 Å². The zero-order valence-corrected chi connectivity index (χ0v) is 7.41. The molecule has 66 valence electrons. The van der Waals surface area contributed by atoms with Crippen LogP contribution in [0.25, 0.3) is 0 Å². The molecule has 3 N–H and O–H groups in total. The van der Waals surface area contributed by atoms with Crippen molar-refractivity contribution < 1.29 is 5.11 Å². The van der Waals surface area contributed by atoms with E-state index < -0.39 is 0 Å². The van der Waals surface area contributed by atoms with Gasteiger partial charge in [0.15, 0.2) is 0 Å². The standard InChI is InChI=1S/C9H14N2O/c1-11(2)8-3-4-9(10)7(5-8)6-12/h3-5,12H,6,10H2,1-2H3. The molecule has 1 aromatic rings. The van der Waals surface area contributed by atoms with E-state index in [0.29, 0.717) is 5.69 Å². The predicted molar refractivity (Wildman–Crippen MR) is 51.1 cm³/mol. The first-order valence-corrected chi connectivity index (χ1v) is 3.81. The zero-order valence-electron chi connectivity index (χ0n) is 7.41. The lowest BCUT2D eigenvalue weighted by Gasteiger charge is -2.14. The van der Waals surface area contributed by atoms with Crippen LogP contribution in [0.3, 0.4) is 0 Å². The summed E-state index contributed by atoms with van der Waals surface area (Å²) in [4.78, 5) is 1.97. The number of nitrogens with zero attached hydrogens (tertiary/aromatic N) is 1. The van der Waals surface area contributed by atoms with Crippen LogP contribution in [-0.4, -0.2) is 19.2 Å². The number of anilines is 2. The molecule has 0 heterocycles. The van der Waals surface area contributed by atoms with Gasteiger partial charge in [-0.05, 0) is 18.2 Å².